The van der Waals surface area contributed by atoms with Gasteiger partial charge in [-0.3, -0.25) is 9.78 Å². The van der Waals surface area contributed by atoms with Crippen LogP contribution in [0.1, 0.15) is 16.8 Å². The summed E-state index contributed by atoms with van der Waals surface area (Å²) in [5, 5.41) is 2.75. The van der Waals surface area contributed by atoms with Gasteiger partial charge in [0.2, 0.25) is 0 Å². The quantitative estimate of drug-likeness (QED) is 0.588. The molecular weight excluding hydrogens is 188 g/mol. The summed E-state index contributed by atoms with van der Waals surface area (Å²) in [4.78, 5) is 15.2. The Morgan fingerprint density at radius 3 is 2.77 bits per heavy atom. The summed E-state index contributed by atoms with van der Waals surface area (Å²) in [6.07, 6.45) is 3.98. The van der Waals surface area contributed by atoms with Gasteiger partial charge < -0.3 is 5.32 Å². The monoisotopic (exact) mass is 198 g/mol. The van der Waals surface area contributed by atoms with Crippen molar-refractivity contribution in [3.8, 4) is 0 Å². The lowest BCUT2D eigenvalue weighted by atomic mass is 10.2. The van der Waals surface area contributed by atoms with Gasteiger partial charge in [-0.2, -0.15) is 0 Å². The molecule has 1 rings (SSSR count). The second-order valence-corrected chi connectivity index (χ2v) is 2.91. The molecule has 70 valence electrons. The Bertz CT molecular complexity index is 264. The van der Waals surface area contributed by atoms with Crippen molar-refractivity contribution in [1.82, 2.24) is 10.3 Å². The van der Waals surface area contributed by atoms with Gasteiger partial charge in [-0.1, -0.05) is 0 Å². The molecule has 0 radical (unpaired) electrons. The fraction of sp³-hybridized carbons (Fsp3) is 0.333. The number of amides is 1. The van der Waals surface area contributed by atoms with Crippen LogP contribution in [0, 0.1) is 0 Å². The van der Waals surface area contributed by atoms with E-state index in [0.717, 1.165) is 6.42 Å². The van der Waals surface area contributed by atoms with Crippen LogP contribution in [0.4, 0.5) is 0 Å². The lowest BCUT2D eigenvalue weighted by Gasteiger charge is -2.02. The first-order chi connectivity index (χ1) is 6.34. The summed E-state index contributed by atoms with van der Waals surface area (Å²) in [5.74, 6) is 0.490. The van der Waals surface area contributed by atoms with Gasteiger partial charge in [-0.05, 0) is 18.6 Å². The predicted octanol–water partition coefficient (Wildman–Crippen LogP) is 1.44. The van der Waals surface area contributed by atoms with Crippen LogP contribution in [-0.4, -0.2) is 23.3 Å². The fourth-order valence-corrected chi connectivity index (χ4v) is 1.01. The predicted molar refractivity (Wildman–Crippen MR) is 51.9 cm³/mol. The van der Waals surface area contributed by atoms with E-state index in [1.165, 1.54) is 0 Å². The second kappa shape index (κ2) is 5.54. The molecule has 0 fully saturated rings. The van der Waals surface area contributed by atoms with Crippen molar-refractivity contribution in [3.63, 3.8) is 0 Å². The zero-order chi connectivity index (χ0) is 9.52. The summed E-state index contributed by atoms with van der Waals surface area (Å²) in [6, 6.07) is 3.35. The lowest BCUT2D eigenvalue weighted by molar-refractivity contribution is 0.0953. The Kier molecular flexibility index (Phi) is 4.26. The molecule has 0 unspecified atom stereocenters. The highest BCUT2D eigenvalue weighted by molar-refractivity contribution is 6.17. The Morgan fingerprint density at radius 2 is 2.15 bits per heavy atom. The molecule has 1 heterocycles. The molecule has 1 aromatic rings. The molecule has 4 heteroatoms. The van der Waals surface area contributed by atoms with Crippen molar-refractivity contribution in [1.29, 1.82) is 0 Å². The number of hydrogen-bond acceptors (Lipinski definition) is 2. The molecule has 13 heavy (non-hydrogen) atoms. The minimum absolute atomic E-state index is 0.0764. The van der Waals surface area contributed by atoms with Crippen LogP contribution < -0.4 is 5.32 Å². The number of alkyl halides is 1. The standard InChI is InChI=1S/C9H11ClN2O/c10-4-1-5-12-9(13)8-2-6-11-7-3-8/h2-3,6-7H,1,4-5H2,(H,12,13). The third-order valence-corrected chi connectivity index (χ3v) is 1.81. The summed E-state index contributed by atoms with van der Waals surface area (Å²) in [7, 11) is 0. The normalized spacial score (nSPS) is 9.62. The van der Waals surface area contributed by atoms with Crippen LogP contribution >= 0.6 is 11.6 Å². The zero-order valence-corrected chi connectivity index (χ0v) is 7.92. The Balaban J connectivity index is 2.40. The van der Waals surface area contributed by atoms with Crippen LogP contribution in [-0.2, 0) is 0 Å². The number of carbonyl (C=O) groups is 1. The van der Waals surface area contributed by atoms with E-state index < -0.39 is 0 Å². The summed E-state index contributed by atoms with van der Waals surface area (Å²) < 4.78 is 0. The van der Waals surface area contributed by atoms with Gasteiger partial charge in [0.25, 0.3) is 5.91 Å². The van der Waals surface area contributed by atoms with Crippen LogP contribution in [0.25, 0.3) is 0 Å². The fourth-order valence-electron chi connectivity index (χ4n) is 0.874. The van der Waals surface area contributed by atoms with Gasteiger partial charge in [-0.25, -0.2) is 0 Å². The molecule has 0 aliphatic rings. The largest absolute Gasteiger partial charge is 0.352 e. The average molecular weight is 199 g/mol. The Hall–Kier alpha value is -1.09. The maximum atomic E-state index is 11.3. The maximum absolute atomic E-state index is 11.3. The molecule has 3 nitrogen and oxygen atoms in total. The molecule has 1 amide bonds. The minimum Gasteiger partial charge on any atom is -0.352 e. The van der Waals surface area contributed by atoms with Crippen molar-refractivity contribution in [2.45, 2.75) is 6.42 Å². The second-order valence-electron chi connectivity index (χ2n) is 2.53. The molecule has 0 bridgehead atoms. The highest BCUT2D eigenvalue weighted by atomic mass is 35.5. The van der Waals surface area contributed by atoms with Gasteiger partial charge >= 0.3 is 0 Å². The molecule has 1 N–H and O–H groups in total. The van der Waals surface area contributed by atoms with Gasteiger partial charge in [-0.15, -0.1) is 11.6 Å². The third-order valence-electron chi connectivity index (χ3n) is 1.54. The number of hydrogen-bond donors (Lipinski definition) is 1. The first-order valence-corrected chi connectivity index (χ1v) is 4.62. The SMILES string of the molecule is O=C(NCCCCl)c1ccncc1. The van der Waals surface area contributed by atoms with Crippen LogP contribution in [0.15, 0.2) is 24.5 Å². The van der Waals surface area contributed by atoms with E-state index in [-0.39, 0.29) is 5.91 Å². The number of carbonyl (C=O) groups excluding carboxylic acids is 1. The number of aromatic nitrogens is 1. The number of nitrogens with one attached hydrogen (secondary N) is 1. The van der Waals surface area contributed by atoms with Crippen molar-refractivity contribution in [2.75, 3.05) is 12.4 Å². The van der Waals surface area contributed by atoms with Crippen LogP contribution in [0.5, 0.6) is 0 Å². The smallest absolute Gasteiger partial charge is 0.251 e. The Labute approximate surface area is 82.1 Å². The van der Waals surface area contributed by atoms with Crippen molar-refractivity contribution in [3.05, 3.63) is 30.1 Å². The molecule has 0 aromatic carbocycles. The van der Waals surface area contributed by atoms with Gasteiger partial charge in [0.05, 0.1) is 0 Å². The number of rotatable bonds is 4. The number of halogens is 1. The zero-order valence-electron chi connectivity index (χ0n) is 7.16. The first kappa shape index (κ1) is 9.99. The number of nitrogens with zero attached hydrogens (tertiary/aromatic N) is 1. The maximum Gasteiger partial charge on any atom is 0.251 e. The summed E-state index contributed by atoms with van der Waals surface area (Å²) in [6.45, 7) is 0.616. The topological polar surface area (TPSA) is 42.0 Å². The van der Waals surface area contributed by atoms with Crippen LogP contribution in [0.3, 0.4) is 0 Å². The van der Waals surface area contributed by atoms with E-state index in [9.17, 15) is 4.79 Å². The minimum atomic E-state index is -0.0764. The van der Waals surface area contributed by atoms with Gasteiger partial charge in [0, 0.05) is 30.4 Å². The van der Waals surface area contributed by atoms with Gasteiger partial charge in [0.1, 0.15) is 0 Å². The molecular formula is C9H11ClN2O. The summed E-state index contributed by atoms with van der Waals surface area (Å²) >= 11 is 5.47. The van der Waals surface area contributed by atoms with Crippen molar-refractivity contribution in [2.24, 2.45) is 0 Å². The first-order valence-electron chi connectivity index (χ1n) is 4.09. The van der Waals surface area contributed by atoms with Crippen molar-refractivity contribution < 1.29 is 4.79 Å². The molecule has 0 saturated heterocycles. The van der Waals surface area contributed by atoms with E-state index in [0.29, 0.717) is 18.0 Å². The summed E-state index contributed by atoms with van der Waals surface area (Å²) in [5.41, 5.74) is 0.629. The average Bonchev–Trinajstić information content (AvgIpc) is 2.19. The highest BCUT2D eigenvalue weighted by Gasteiger charge is 2.01. The third kappa shape index (κ3) is 3.42. The van der Waals surface area contributed by atoms with Crippen LogP contribution in [0.2, 0.25) is 0 Å². The van der Waals surface area contributed by atoms with E-state index in [2.05, 4.69) is 10.3 Å². The van der Waals surface area contributed by atoms with Crippen molar-refractivity contribution >= 4 is 17.5 Å². The molecule has 0 saturated carbocycles. The van der Waals surface area contributed by atoms with E-state index in [1.807, 2.05) is 0 Å². The van der Waals surface area contributed by atoms with Gasteiger partial charge in [0.15, 0.2) is 0 Å². The highest BCUT2D eigenvalue weighted by Crippen LogP contribution is 1.95. The van der Waals surface area contributed by atoms with E-state index in [4.69, 9.17) is 11.6 Å². The molecule has 0 spiro atoms. The lowest BCUT2D eigenvalue weighted by Crippen LogP contribution is -2.24. The molecule has 0 aliphatic carbocycles. The Morgan fingerprint density at radius 1 is 1.46 bits per heavy atom. The number of pyridine rings is 1. The molecule has 0 atom stereocenters. The van der Waals surface area contributed by atoms with E-state index >= 15 is 0 Å². The molecule has 1 aromatic heterocycles. The van der Waals surface area contributed by atoms with E-state index in [1.54, 1.807) is 24.5 Å². The molecule has 0 aliphatic heterocycles.